The van der Waals surface area contributed by atoms with Gasteiger partial charge in [-0.25, -0.2) is 12.7 Å². The molecule has 0 saturated heterocycles. The number of rotatable bonds is 8. The van der Waals surface area contributed by atoms with E-state index >= 15 is 0 Å². The fraction of sp³-hybridized carbons (Fsp3) is 0.350. The minimum Gasteiger partial charge on any atom is -0.496 e. The van der Waals surface area contributed by atoms with E-state index in [0.717, 1.165) is 21.2 Å². The van der Waals surface area contributed by atoms with E-state index < -0.39 is 10.0 Å². The van der Waals surface area contributed by atoms with Crippen LogP contribution in [0.5, 0.6) is 5.75 Å². The minimum atomic E-state index is -3.56. The van der Waals surface area contributed by atoms with Crippen molar-refractivity contribution in [2.75, 3.05) is 33.1 Å². The zero-order valence-corrected chi connectivity index (χ0v) is 17.6. The van der Waals surface area contributed by atoms with E-state index in [0.29, 0.717) is 5.69 Å². The van der Waals surface area contributed by atoms with Gasteiger partial charge in [0.2, 0.25) is 15.9 Å². The third-order valence-corrected chi connectivity index (χ3v) is 6.13. The summed E-state index contributed by atoms with van der Waals surface area (Å²) < 4.78 is 31.0. The van der Waals surface area contributed by atoms with E-state index in [1.165, 1.54) is 26.2 Å². The van der Waals surface area contributed by atoms with Crippen LogP contribution in [-0.4, -0.2) is 46.4 Å². The maximum atomic E-state index is 12.3. The van der Waals surface area contributed by atoms with Crippen molar-refractivity contribution in [1.29, 1.82) is 0 Å². The third-order valence-electron chi connectivity index (χ3n) is 4.32. The second-order valence-electron chi connectivity index (χ2n) is 6.71. The van der Waals surface area contributed by atoms with Crippen LogP contribution in [0.3, 0.4) is 0 Å². The number of aryl methyl sites for hydroxylation is 1. The van der Waals surface area contributed by atoms with Gasteiger partial charge in [0.1, 0.15) is 5.75 Å². The Hall–Kier alpha value is -2.42. The third kappa shape index (κ3) is 5.31. The van der Waals surface area contributed by atoms with E-state index in [-0.39, 0.29) is 23.4 Å². The number of methoxy groups -OCH3 is 1. The largest absolute Gasteiger partial charge is 0.496 e. The second kappa shape index (κ2) is 9.18. The number of ether oxygens (including phenoxy) is 1. The molecule has 0 saturated carbocycles. The number of sulfonamides is 1. The maximum absolute atomic E-state index is 12.3. The quantitative estimate of drug-likeness (QED) is 0.705. The fourth-order valence-electron chi connectivity index (χ4n) is 2.70. The van der Waals surface area contributed by atoms with Crippen molar-refractivity contribution in [3.05, 3.63) is 53.6 Å². The van der Waals surface area contributed by atoms with Gasteiger partial charge in [-0.3, -0.25) is 4.79 Å². The minimum absolute atomic E-state index is 0.0723. The Morgan fingerprint density at radius 2 is 1.89 bits per heavy atom. The van der Waals surface area contributed by atoms with Crippen LogP contribution in [0, 0.1) is 6.92 Å². The van der Waals surface area contributed by atoms with Gasteiger partial charge in [-0.05, 0) is 38.1 Å². The van der Waals surface area contributed by atoms with E-state index in [4.69, 9.17) is 4.74 Å². The van der Waals surface area contributed by atoms with Gasteiger partial charge < -0.3 is 15.4 Å². The molecule has 0 unspecified atom stereocenters. The topological polar surface area (TPSA) is 87.7 Å². The highest BCUT2D eigenvalue weighted by Gasteiger charge is 2.18. The first kappa shape index (κ1) is 21.9. The summed E-state index contributed by atoms with van der Waals surface area (Å²) in [7, 11) is 0.985. The second-order valence-corrected chi connectivity index (χ2v) is 8.86. The van der Waals surface area contributed by atoms with Crippen LogP contribution >= 0.6 is 0 Å². The Balaban J connectivity index is 2.03. The lowest BCUT2D eigenvalue weighted by Gasteiger charge is -2.18. The molecule has 2 aromatic rings. The standard InChI is InChI=1S/C20H27N3O4S/c1-14-9-10-19(27-5)18(11-14)15(2)21-13-20(24)22-16-7-6-8-17(12-16)28(25,26)23(3)4/h6-12,15,21H,13H2,1-5H3,(H,22,24)/t15-/m0/s1. The van der Waals surface area contributed by atoms with Gasteiger partial charge in [-0.15, -0.1) is 0 Å². The van der Waals surface area contributed by atoms with Gasteiger partial charge in [-0.2, -0.15) is 0 Å². The lowest BCUT2D eigenvalue weighted by Crippen LogP contribution is -2.30. The van der Waals surface area contributed by atoms with Gasteiger partial charge in [0.25, 0.3) is 0 Å². The number of hydrogen-bond acceptors (Lipinski definition) is 5. The molecule has 2 rings (SSSR count). The zero-order chi connectivity index (χ0) is 20.9. The molecule has 0 fully saturated rings. The molecule has 0 aliphatic rings. The van der Waals surface area contributed by atoms with Gasteiger partial charge in [0, 0.05) is 31.4 Å². The van der Waals surface area contributed by atoms with Crippen molar-refractivity contribution in [3.63, 3.8) is 0 Å². The van der Waals surface area contributed by atoms with E-state index in [1.807, 2.05) is 32.0 Å². The highest BCUT2D eigenvalue weighted by molar-refractivity contribution is 7.89. The maximum Gasteiger partial charge on any atom is 0.242 e. The predicted molar refractivity (Wildman–Crippen MR) is 110 cm³/mol. The molecule has 2 N–H and O–H groups in total. The number of carbonyl (C=O) groups is 1. The Labute approximate surface area is 166 Å². The molecule has 0 aliphatic heterocycles. The molecule has 152 valence electrons. The molecule has 0 heterocycles. The number of nitrogens with one attached hydrogen (secondary N) is 2. The van der Waals surface area contributed by atoms with Gasteiger partial charge >= 0.3 is 0 Å². The number of anilines is 1. The Bertz CT molecular complexity index is 942. The Morgan fingerprint density at radius 1 is 1.18 bits per heavy atom. The molecular weight excluding hydrogens is 378 g/mol. The lowest BCUT2D eigenvalue weighted by molar-refractivity contribution is -0.115. The van der Waals surface area contributed by atoms with Crippen LogP contribution in [0.4, 0.5) is 5.69 Å². The highest BCUT2D eigenvalue weighted by atomic mass is 32.2. The zero-order valence-electron chi connectivity index (χ0n) is 16.8. The molecule has 0 radical (unpaired) electrons. The molecule has 0 bridgehead atoms. The van der Waals surface area contributed by atoms with E-state index in [2.05, 4.69) is 10.6 Å². The summed E-state index contributed by atoms with van der Waals surface area (Å²) in [4.78, 5) is 12.4. The number of benzene rings is 2. The van der Waals surface area contributed by atoms with Crippen molar-refractivity contribution in [3.8, 4) is 5.75 Å². The van der Waals surface area contributed by atoms with Crippen LogP contribution < -0.4 is 15.4 Å². The summed E-state index contributed by atoms with van der Waals surface area (Å²) in [5.41, 5.74) is 2.50. The molecule has 2 aromatic carbocycles. The lowest BCUT2D eigenvalue weighted by atomic mass is 10.0. The molecule has 0 spiro atoms. The average molecular weight is 406 g/mol. The molecule has 8 heteroatoms. The summed E-state index contributed by atoms with van der Waals surface area (Å²) in [6.45, 7) is 4.02. The summed E-state index contributed by atoms with van der Waals surface area (Å²) in [5.74, 6) is 0.491. The van der Waals surface area contributed by atoms with Crippen LogP contribution in [0.15, 0.2) is 47.4 Å². The highest BCUT2D eigenvalue weighted by Crippen LogP contribution is 2.26. The van der Waals surface area contributed by atoms with Crippen molar-refractivity contribution in [1.82, 2.24) is 9.62 Å². The smallest absolute Gasteiger partial charge is 0.242 e. The number of hydrogen-bond donors (Lipinski definition) is 2. The van der Waals surface area contributed by atoms with Crippen molar-refractivity contribution in [2.45, 2.75) is 24.8 Å². The number of carbonyl (C=O) groups excluding carboxylic acids is 1. The molecule has 28 heavy (non-hydrogen) atoms. The summed E-state index contributed by atoms with van der Waals surface area (Å²) in [6.07, 6.45) is 0. The van der Waals surface area contributed by atoms with Crippen molar-refractivity contribution in [2.24, 2.45) is 0 Å². The fourth-order valence-corrected chi connectivity index (χ4v) is 3.65. The van der Waals surface area contributed by atoms with Crippen LogP contribution in [0.2, 0.25) is 0 Å². The first-order valence-electron chi connectivity index (χ1n) is 8.85. The summed E-state index contributed by atoms with van der Waals surface area (Å²) in [5, 5.41) is 5.89. The molecule has 0 aromatic heterocycles. The summed E-state index contributed by atoms with van der Waals surface area (Å²) in [6, 6.07) is 12.0. The van der Waals surface area contributed by atoms with Crippen LogP contribution in [0.1, 0.15) is 24.1 Å². The van der Waals surface area contributed by atoms with Gasteiger partial charge in [0.05, 0.1) is 18.6 Å². The molecule has 0 aliphatic carbocycles. The average Bonchev–Trinajstić information content (AvgIpc) is 2.66. The number of nitrogens with zero attached hydrogens (tertiary/aromatic N) is 1. The first-order chi connectivity index (χ1) is 13.1. The predicted octanol–water partition coefficient (Wildman–Crippen LogP) is 2.54. The molecule has 1 atom stereocenters. The summed E-state index contributed by atoms with van der Waals surface area (Å²) >= 11 is 0. The van der Waals surface area contributed by atoms with E-state index in [9.17, 15) is 13.2 Å². The number of amides is 1. The molecule has 1 amide bonds. The monoisotopic (exact) mass is 405 g/mol. The SMILES string of the molecule is COc1ccc(C)cc1[C@H](C)NCC(=O)Nc1cccc(S(=O)(=O)N(C)C)c1. The first-order valence-corrected chi connectivity index (χ1v) is 10.3. The van der Waals surface area contributed by atoms with Crippen molar-refractivity contribution >= 4 is 21.6 Å². The van der Waals surface area contributed by atoms with Crippen LogP contribution in [0.25, 0.3) is 0 Å². The van der Waals surface area contributed by atoms with Crippen LogP contribution in [-0.2, 0) is 14.8 Å². The van der Waals surface area contributed by atoms with Gasteiger partial charge in [-0.1, -0.05) is 23.8 Å². The normalized spacial score (nSPS) is 12.6. The molecular formula is C20H27N3O4S. The van der Waals surface area contributed by atoms with E-state index in [1.54, 1.807) is 19.2 Å². The van der Waals surface area contributed by atoms with Crippen molar-refractivity contribution < 1.29 is 17.9 Å². The Kier molecular flexibility index (Phi) is 7.17. The molecule has 7 nitrogen and oxygen atoms in total. The Morgan fingerprint density at radius 3 is 2.54 bits per heavy atom. The van der Waals surface area contributed by atoms with Gasteiger partial charge in [0.15, 0.2) is 0 Å².